The standard InChI is InChI=1S/C12H8N4SSe/c13-5-8-4-9(17-7-8)6-14-10-2-1-3-11-12(10)16-18-15-11/h1-4,7,14H,6H2. The van der Waals surface area contributed by atoms with Crippen molar-refractivity contribution in [1.29, 1.82) is 5.26 Å². The molecule has 0 amide bonds. The molecule has 3 rings (SSSR count). The van der Waals surface area contributed by atoms with Crippen molar-refractivity contribution in [1.82, 2.24) is 0 Å². The molecule has 0 unspecified atom stereocenters. The maximum absolute atomic E-state index is 8.77. The average molecular weight is 319 g/mol. The topological polar surface area (TPSA) is 60.5 Å². The second-order valence-electron chi connectivity index (χ2n) is 3.70. The predicted octanol–water partition coefficient (Wildman–Crippen LogP) is 3.58. The molecule has 6 heteroatoms. The maximum atomic E-state index is 8.77. The van der Waals surface area contributed by atoms with Crippen LogP contribution in [0.5, 0.6) is 0 Å². The normalized spacial score (nSPS) is 11.7. The van der Waals surface area contributed by atoms with Crippen molar-refractivity contribution in [2.75, 3.05) is 5.32 Å². The van der Waals surface area contributed by atoms with Gasteiger partial charge >= 0.3 is 114 Å². The van der Waals surface area contributed by atoms with Gasteiger partial charge in [-0.25, -0.2) is 0 Å². The van der Waals surface area contributed by atoms with E-state index < -0.39 is 0 Å². The van der Waals surface area contributed by atoms with E-state index in [1.54, 1.807) is 11.3 Å². The van der Waals surface area contributed by atoms with Crippen LogP contribution >= 0.6 is 11.3 Å². The van der Waals surface area contributed by atoms with Crippen molar-refractivity contribution in [2.45, 2.75) is 6.54 Å². The van der Waals surface area contributed by atoms with Gasteiger partial charge in [-0.2, -0.15) is 0 Å². The molecule has 0 aliphatic carbocycles. The molecule has 4 nitrogen and oxygen atoms in total. The number of nitrogens with zero attached hydrogens (tertiary/aromatic N) is 3. The van der Waals surface area contributed by atoms with Gasteiger partial charge in [0.15, 0.2) is 0 Å². The second kappa shape index (κ2) is 4.91. The number of thiophene rings is 1. The molecule has 0 atom stereocenters. The van der Waals surface area contributed by atoms with Gasteiger partial charge in [-0.3, -0.25) is 0 Å². The van der Waals surface area contributed by atoms with Crippen molar-refractivity contribution < 1.29 is 0 Å². The number of nitrogens with one attached hydrogen (secondary N) is 1. The summed E-state index contributed by atoms with van der Waals surface area (Å²) in [6, 6.07) is 10.0. The Labute approximate surface area is 114 Å². The fraction of sp³-hybridized carbons (Fsp3) is 0.0833. The van der Waals surface area contributed by atoms with Gasteiger partial charge in [0.25, 0.3) is 0 Å². The quantitative estimate of drug-likeness (QED) is 0.750. The molecule has 1 aromatic heterocycles. The number of benzene rings is 1. The summed E-state index contributed by atoms with van der Waals surface area (Å²) in [7, 11) is 0. The van der Waals surface area contributed by atoms with Crippen LogP contribution in [0.4, 0.5) is 17.1 Å². The van der Waals surface area contributed by atoms with Gasteiger partial charge < -0.3 is 0 Å². The number of rotatable bonds is 3. The van der Waals surface area contributed by atoms with Gasteiger partial charge in [-0.15, -0.1) is 0 Å². The molecule has 1 N–H and O–H groups in total. The summed E-state index contributed by atoms with van der Waals surface area (Å²) >= 11 is 1.59. The van der Waals surface area contributed by atoms with Crippen molar-refractivity contribution >= 4 is 43.0 Å². The molecule has 1 aromatic carbocycles. The molecular formula is C12H8N4SSe. The van der Waals surface area contributed by atoms with Crippen LogP contribution in [0.3, 0.4) is 0 Å². The summed E-state index contributed by atoms with van der Waals surface area (Å²) in [5.74, 6) is 0. The molecule has 2 aromatic rings. The molecule has 0 saturated carbocycles. The Bertz CT molecular complexity index is 707. The van der Waals surface area contributed by atoms with Gasteiger partial charge in [0.05, 0.1) is 0 Å². The fourth-order valence-electron chi connectivity index (χ4n) is 1.66. The molecule has 18 heavy (non-hydrogen) atoms. The van der Waals surface area contributed by atoms with E-state index in [4.69, 9.17) is 5.26 Å². The molecule has 0 spiro atoms. The molecule has 1 aliphatic heterocycles. The summed E-state index contributed by atoms with van der Waals surface area (Å²) in [6.07, 6.45) is 0. The van der Waals surface area contributed by atoms with Crippen LogP contribution in [-0.4, -0.2) is 14.6 Å². The molecule has 1 aliphatic rings. The molecule has 0 bridgehead atoms. The molecule has 0 radical (unpaired) electrons. The summed E-state index contributed by atoms with van der Waals surface area (Å²) in [5, 5.41) is 14.0. The van der Waals surface area contributed by atoms with E-state index >= 15 is 0 Å². The first kappa shape index (κ1) is 11.4. The van der Waals surface area contributed by atoms with Gasteiger partial charge in [0.1, 0.15) is 0 Å². The summed E-state index contributed by atoms with van der Waals surface area (Å²) in [6.45, 7) is 0.714. The van der Waals surface area contributed by atoms with Crippen molar-refractivity contribution in [3.05, 3.63) is 40.1 Å². The van der Waals surface area contributed by atoms with Crippen LogP contribution in [0.1, 0.15) is 10.4 Å². The number of fused-ring (bicyclic) bond motifs is 1. The van der Waals surface area contributed by atoms with Crippen molar-refractivity contribution in [2.24, 2.45) is 7.92 Å². The second-order valence-corrected chi connectivity index (χ2v) is 5.81. The van der Waals surface area contributed by atoms with Crippen LogP contribution in [0, 0.1) is 11.3 Å². The van der Waals surface area contributed by atoms with Gasteiger partial charge in [-0.1, -0.05) is 0 Å². The SMILES string of the molecule is N#Cc1csc(CNc2cccc3c2N=[Se]=N3)c1. The Morgan fingerprint density at radius 3 is 3.17 bits per heavy atom. The van der Waals surface area contributed by atoms with Crippen LogP contribution in [0.2, 0.25) is 0 Å². The van der Waals surface area contributed by atoms with Gasteiger partial charge in [0, 0.05) is 0 Å². The van der Waals surface area contributed by atoms with Crippen molar-refractivity contribution in [3.8, 4) is 6.07 Å². The predicted molar refractivity (Wildman–Crippen MR) is 72.7 cm³/mol. The van der Waals surface area contributed by atoms with E-state index in [1.807, 2.05) is 29.6 Å². The van der Waals surface area contributed by atoms with E-state index in [9.17, 15) is 0 Å². The first-order valence-electron chi connectivity index (χ1n) is 5.29. The van der Waals surface area contributed by atoms with Crippen molar-refractivity contribution in [3.63, 3.8) is 0 Å². The summed E-state index contributed by atoms with van der Waals surface area (Å²) in [4.78, 5) is 1.14. The third-order valence-corrected chi connectivity index (χ3v) is 4.60. The third kappa shape index (κ3) is 2.16. The molecule has 0 saturated heterocycles. The molecule has 88 valence electrons. The van der Waals surface area contributed by atoms with E-state index in [1.165, 1.54) is 0 Å². The van der Waals surface area contributed by atoms with Gasteiger partial charge in [0.2, 0.25) is 0 Å². The first-order valence-corrected chi connectivity index (χ1v) is 7.70. The first-order chi connectivity index (χ1) is 8.86. The Kier molecular flexibility index (Phi) is 3.11. The summed E-state index contributed by atoms with van der Waals surface area (Å²) < 4.78 is 8.76. The third-order valence-electron chi connectivity index (χ3n) is 2.52. The van der Waals surface area contributed by atoms with Crippen LogP contribution in [0.25, 0.3) is 0 Å². The van der Waals surface area contributed by atoms with E-state index in [-0.39, 0.29) is 14.6 Å². The Morgan fingerprint density at radius 1 is 1.39 bits per heavy atom. The number of nitriles is 1. The van der Waals surface area contributed by atoms with E-state index in [2.05, 4.69) is 19.3 Å². The zero-order valence-corrected chi connectivity index (χ0v) is 11.8. The van der Waals surface area contributed by atoms with E-state index in [0.29, 0.717) is 6.54 Å². The Balaban J connectivity index is 1.77. The molecular weight excluding hydrogens is 311 g/mol. The monoisotopic (exact) mass is 320 g/mol. The molecule has 0 fully saturated rings. The average Bonchev–Trinajstić information content (AvgIpc) is 3.05. The minimum atomic E-state index is -0.00295. The summed E-state index contributed by atoms with van der Waals surface area (Å²) in [5.41, 5.74) is 3.68. The Hall–Kier alpha value is -1.67. The fourth-order valence-corrected chi connectivity index (χ4v) is 3.57. The Morgan fingerprint density at radius 2 is 2.33 bits per heavy atom. The van der Waals surface area contributed by atoms with Crippen LogP contribution in [0.15, 0.2) is 37.6 Å². The number of anilines is 1. The number of hydrogen-bond acceptors (Lipinski definition) is 5. The van der Waals surface area contributed by atoms with E-state index in [0.717, 1.165) is 27.5 Å². The van der Waals surface area contributed by atoms with Gasteiger partial charge in [-0.05, 0) is 0 Å². The number of hydrogen-bond donors (Lipinski definition) is 1. The van der Waals surface area contributed by atoms with Crippen LogP contribution in [-0.2, 0) is 6.54 Å². The zero-order valence-electron chi connectivity index (χ0n) is 9.25. The van der Waals surface area contributed by atoms with Crippen LogP contribution < -0.4 is 5.32 Å². The molecule has 2 heterocycles. The minimum absolute atomic E-state index is 0.00295. The zero-order chi connectivity index (χ0) is 12.4.